The van der Waals surface area contributed by atoms with Crippen LogP contribution < -0.4 is 10.1 Å². The Morgan fingerprint density at radius 3 is 2.96 bits per heavy atom. The van der Waals surface area contributed by atoms with Crippen LogP contribution in [0.25, 0.3) is 11.5 Å². The number of benzene rings is 1. The third kappa shape index (κ3) is 3.98. The number of ether oxygens (including phenoxy) is 1. The van der Waals surface area contributed by atoms with Gasteiger partial charge in [-0.3, -0.25) is 4.98 Å². The Morgan fingerprint density at radius 2 is 2.21 bits per heavy atom. The number of aromatic nitrogens is 2. The van der Waals surface area contributed by atoms with Crippen molar-refractivity contribution in [2.75, 3.05) is 18.4 Å². The molecule has 0 bridgehead atoms. The van der Waals surface area contributed by atoms with Crippen molar-refractivity contribution in [3.8, 4) is 17.2 Å². The quantitative estimate of drug-likeness (QED) is 0.741. The molecule has 1 unspecified atom stereocenters. The van der Waals surface area contributed by atoms with Crippen molar-refractivity contribution in [3.05, 3.63) is 60.2 Å². The summed E-state index contributed by atoms with van der Waals surface area (Å²) in [6, 6.07) is 9.33. The maximum Gasteiger partial charge on any atom is 0.321 e. The lowest BCUT2D eigenvalue weighted by Crippen LogP contribution is -2.34. The van der Waals surface area contributed by atoms with Crippen LogP contribution in [-0.4, -0.2) is 40.1 Å². The molecule has 2 amide bonds. The number of carbonyl (C=O) groups excluding carboxylic acids is 1. The van der Waals surface area contributed by atoms with Gasteiger partial charge in [-0.25, -0.2) is 9.78 Å². The van der Waals surface area contributed by atoms with Gasteiger partial charge in [0.05, 0.1) is 18.4 Å². The fraction of sp³-hybridized carbons (Fsp3) is 0.286. The normalized spacial score (nSPS) is 16.2. The van der Waals surface area contributed by atoms with E-state index >= 15 is 0 Å². The van der Waals surface area contributed by atoms with E-state index in [0.717, 1.165) is 34.7 Å². The predicted octanol–water partition coefficient (Wildman–Crippen LogP) is 4.04. The Bertz CT molecular complexity index is 971. The van der Waals surface area contributed by atoms with Gasteiger partial charge in [-0.15, -0.1) is 0 Å². The summed E-state index contributed by atoms with van der Waals surface area (Å²) < 4.78 is 11.4. The lowest BCUT2D eigenvalue weighted by atomic mass is 10.1. The second-order valence-electron chi connectivity index (χ2n) is 6.92. The molecule has 28 heavy (non-hydrogen) atoms. The highest BCUT2D eigenvalue weighted by molar-refractivity contribution is 5.91. The van der Waals surface area contributed by atoms with Crippen LogP contribution in [0.2, 0.25) is 0 Å². The van der Waals surface area contributed by atoms with E-state index in [-0.39, 0.29) is 12.1 Å². The smallest absolute Gasteiger partial charge is 0.321 e. The molecule has 0 saturated carbocycles. The molecule has 0 spiro atoms. The Kier molecular flexibility index (Phi) is 4.97. The Morgan fingerprint density at radius 1 is 1.32 bits per heavy atom. The van der Waals surface area contributed by atoms with Crippen LogP contribution in [0.4, 0.5) is 10.5 Å². The monoisotopic (exact) mass is 378 g/mol. The average Bonchev–Trinajstić information content (AvgIpc) is 3.33. The highest BCUT2D eigenvalue weighted by Crippen LogP contribution is 2.26. The number of likely N-dealkylation sites (tertiary alicyclic amines) is 1. The molecule has 2 aromatic heterocycles. The van der Waals surface area contributed by atoms with Crippen molar-refractivity contribution in [1.82, 2.24) is 14.9 Å². The number of aryl methyl sites for hydroxylation is 2. The average molecular weight is 378 g/mol. The summed E-state index contributed by atoms with van der Waals surface area (Å²) in [7, 11) is 0. The van der Waals surface area contributed by atoms with Gasteiger partial charge < -0.3 is 19.4 Å². The fourth-order valence-electron chi connectivity index (χ4n) is 3.19. The van der Waals surface area contributed by atoms with Gasteiger partial charge in [0, 0.05) is 30.4 Å². The van der Waals surface area contributed by atoms with Gasteiger partial charge in [-0.2, -0.15) is 0 Å². The minimum absolute atomic E-state index is 0.0299. The summed E-state index contributed by atoms with van der Waals surface area (Å²) in [4.78, 5) is 22.9. The maximum absolute atomic E-state index is 12.7. The van der Waals surface area contributed by atoms with E-state index in [0.29, 0.717) is 19.0 Å². The molecule has 7 heteroatoms. The second-order valence-corrected chi connectivity index (χ2v) is 6.92. The zero-order chi connectivity index (χ0) is 19.5. The van der Waals surface area contributed by atoms with Crippen molar-refractivity contribution >= 4 is 11.7 Å². The van der Waals surface area contributed by atoms with E-state index in [1.54, 1.807) is 23.6 Å². The molecule has 4 rings (SSSR count). The first-order valence-corrected chi connectivity index (χ1v) is 9.24. The Hall–Kier alpha value is -3.35. The zero-order valence-corrected chi connectivity index (χ0v) is 15.9. The number of oxazole rings is 1. The lowest BCUT2D eigenvalue weighted by molar-refractivity contribution is 0.194. The Labute approximate surface area is 163 Å². The molecular weight excluding hydrogens is 356 g/mol. The number of anilines is 1. The standard InChI is InChI=1S/C21H22N4O3/c1-14-5-6-16(20-23-15(2)13-27-20)10-19(14)24-21(26)25-9-7-18(12-25)28-17-4-3-8-22-11-17/h3-6,8,10-11,13,18H,7,9,12H2,1-2H3,(H,24,26). The van der Waals surface area contributed by atoms with Crippen LogP contribution in [0.3, 0.4) is 0 Å². The highest BCUT2D eigenvalue weighted by Gasteiger charge is 2.28. The van der Waals surface area contributed by atoms with E-state index in [2.05, 4.69) is 15.3 Å². The maximum atomic E-state index is 12.7. The number of nitrogens with zero attached hydrogens (tertiary/aromatic N) is 3. The van der Waals surface area contributed by atoms with Gasteiger partial charge in [0.25, 0.3) is 0 Å². The van der Waals surface area contributed by atoms with Crippen molar-refractivity contribution in [2.24, 2.45) is 0 Å². The molecule has 1 aliphatic heterocycles. The van der Waals surface area contributed by atoms with Crippen LogP contribution in [0, 0.1) is 13.8 Å². The molecule has 7 nitrogen and oxygen atoms in total. The molecule has 1 fully saturated rings. The topological polar surface area (TPSA) is 80.5 Å². The van der Waals surface area contributed by atoms with Gasteiger partial charge >= 0.3 is 6.03 Å². The number of carbonyl (C=O) groups is 1. The zero-order valence-electron chi connectivity index (χ0n) is 15.9. The van der Waals surface area contributed by atoms with Gasteiger partial charge in [-0.05, 0) is 43.7 Å². The molecule has 3 heterocycles. The molecule has 1 aliphatic rings. The van der Waals surface area contributed by atoms with Gasteiger partial charge in [0.15, 0.2) is 0 Å². The largest absolute Gasteiger partial charge is 0.487 e. The Balaban J connectivity index is 1.41. The number of rotatable bonds is 4. The van der Waals surface area contributed by atoms with E-state index in [4.69, 9.17) is 9.15 Å². The lowest BCUT2D eigenvalue weighted by Gasteiger charge is -2.19. The first kappa shape index (κ1) is 18.0. The summed E-state index contributed by atoms with van der Waals surface area (Å²) in [5.74, 6) is 1.26. The van der Waals surface area contributed by atoms with Crippen molar-refractivity contribution in [2.45, 2.75) is 26.4 Å². The summed E-state index contributed by atoms with van der Waals surface area (Å²) in [6.07, 6.45) is 5.76. The van der Waals surface area contributed by atoms with Gasteiger partial charge in [0.2, 0.25) is 5.89 Å². The molecule has 1 atom stereocenters. The number of urea groups is 1. The molecule has 1 saturated heterocycles. The summed E-state index contributed by atoms with van der Waals surface area (Å²) in [6.45, 7) is 5.02. The van der Waals surface area contributed by atoms with E-state index in [1.165, 1.54) is 0 Å². The predicted molar refractivity (Wildman–Crippen MR) is 105 cm³/mol. The number of hydrogen-bond acceptors (Lipinski definition) is 5. The number of pyridine rings is 1. The third-order valence-corrected chi connectivity index (χ3v) is 4.71. The van der Waals surface area contributed by atoms with Crippen LogP contribution >= 0.6 is 0 Å². The first-order chi connectivity index (χ1) is 13.6. The number of amides is 2. The van der Waals surface area contributed by atoms with E-state index in [9.17, 15) is 4.79 Å². The van der Waals surface area contributed by atoms with Crippen molar-refractivity contribution in [1.29, 1.82) is 0 Å². The summed E-state index contributed by atoms with van der Waals surface area (Å²) in [5.41, 5.74) is 3.36. The minimum atomic E-state index is -0.138. The van der Waals surface area contributed by atoms with Gasteiger partial charge in [-0.1, -0.05) is 6.07 Å². The SMILES string of the molecule is Cc1coc(-c2ccc(C)c(NC(=O)N3CCC(Oc4cccnc4)C3)c2)n1. The van der Waals surface area contributed by atoms with Crippen LogP contribution in [0.5, 0.6) is 5.75 Å². The summed E-state index contributed by atoms with van der Waals surface area (Å²) in [5, 5.41) is 3.00. The minimum Gasteiger partial charge on any atom is -0.487 e. The molecular formula is C21H22N4O3. The second kappa shape index (κ2) is 7.72. The summed E-state index contributed by atoms with van der Waals surface area (Å²) >= 11 is 0. The first-order valence-electron chi connectivity index (χ1n) is 9.24. The molecule has 1 N–H and O–H groups in total. The van der Waals surface area contributed by atoms with Crippen LogP contribution in [0.1, 0.15) is 17.7 Å². The molecule has 0 radical (unpaired) electrons. The molecule has 144 valence electrons. The van der Waals surface area contributed by atoms with Crippen LogP contribution in [0.15, 0.2) is 53.4 Å². The van der Waals surface area contributed by atoms with Crippen molar-refractivity contribution < 1.29 is 13.9 Å². The van der Waals surface area contributed by atoms with Crippen molar-refractivity contribution in [3.63, 3.8) is 0 Å². The third-order valence-electron chi connectivity index (χ3n) is 4.71. The fourth-order valence-corrected chi connectivity index (χ4v) is 3.19. The molecule has 3 aromatic rings. The molecule has 0 aliphatic carbocycles. The number of hydrogen-bond donors (Lipinski definition) is 1. The van der Waals surface area contributed by atoms with E-state index in [1.807, 2.05) is 44.2 Å². The highest BCUT2D eigenvalue weighted by atomic mass is 16.5. The molecule has 1 aromatic carbocycles. The van der Waals surface area contributed by atoms with E-state index < -0.39 is 0 Å². The number of nitrogens with one attached hydrogen (secondary N) is 1. The van der Waals surface area contributed by atoms with Crippen LogP contribution in [-0.2, 0) is 0 Å². The van der Waals surface area contributed by atoms with Gasteiger partial charge in [0.1, 0.15) is 18.1 Å².